The van der Waals surface area contributed by atoms with Crippen LogP contribution in [-0.2, 0) is 9.59 Å². The van der Waals surface area contributed by atoms with Gasteiger partial charge in [0.05, 0.1) is 35.0 Å². The van der Waals surface area contributed by atoms with E-state index in [-0.39, 0.29) is 12.2 Å². The molecule has 1 N–H and O–H groups in total. The van der Waals surface area contributed by atoms with E-state index in [9.17, 15) is 14.7 Å². The van der Waals surface area contributed by atoms with Crippen molar-refractivity contribution < 1.29 is 28.9 Å². The number of ketones is 1. The van der Waals surface area contributed by atoms with Gasteiger partial charge in [-0.3, -0.25) is 14.5 Å². The van der Waals surface area contributed by atoms with E-state index in [0.717, 1.165) is 10.3 Å². The zero-order chi connectivity index (χ0) is 29.6. The molecule has 0 spiro atoms. The van der Waals surface area contributed by atoms with Gasteiger partial charge in [0.25, 0.3) is 5.91 Å². The third-order valence-electron chi connectivity index (χ3n) is 6.51. The smallest absolute Gasteiger partial charge is 0.296 e. The summed E-state index contributed by atoms with van der Waals surface area (Å²) in [5.41, 5.74) is 1.97. The summed E-state index contributed by atoms with van der Waals surface area (Å²) < 4.78 is 18.0. The normalized spacial score (nSPS) is 15.0. The van der Waals surface area contributed by atoms with Crippen LogP contribution in [0.15, 0.2) is 96.8 Å². The maximum absolute atomic E-state index is 13.7. The van der Waals surface area contributed by atoms with Crippen molar-refractivity contribution in [2.45, 2.75) is 19.9 Å². The van der Waals surface area contributed by atoms with E-state index in [1.165, 1.54) is 22.3 Å². The molecule has 8 nitrogen and oxygen atoms in total. The Hall–Kier alpha value is -4.89. The summed E-state index contributed by atoms with van der Waals surface area (Å²) in [6, 6.07) is 19.0. The number of allylic oxidation sites excluding steroid dienone is 1. The van der Waals surface area contributed by atoms with Crippen molar-refractivity contribution in [3.63, 3.8) is 0 Å². The van der Waals surface area contributed by atoms with Crippen molar-refractivity contribution in [3.8, 4) is 17.2 Å². The minimum absolute atomic E-state index is 0.0522. The van der Waals surface area contributed by atoms with Gasteiger partial charge in [0.15, 0.2) is 28.2 Å². The van der Waals surface area contributed by atoms with E-state index < -0.39 is 23.5 Å². The number of thiazole rings is 1. The Morgan fingerprint density at radius 3 is 2.55 bits per heavy atom. The van der Waals surface area contributed by atoms with Crippen molar-refractivity contribution >= 4 is 44.5 Å². The first-order chi connectivity index (χ1) is 20.4. The number of carbonyl (C=O) groups is 2. The van der Waals surface area contributed by atoms with Crippen LogP contribution < -0.4 is 19.1 Å². The fourth-order valence-electron chi connectivity index (χ4n) is 4.68. The predicted octanol–water partition coefficient (Wildman–Crippen LogP) is 6.84. The number of hydrogen-bond donors (Lipinski definition) is 1. The highest BCUT2D eigenvalue weighted by Crippen LogP contribution is 2.45. The molecule has 214 valence electrons. The molecule has 1 amide bonds. The maximum Gasteiger partial charge on any atom is 0.296 e. The SMILES string of the molecule is C=CCOc1ccc(C2C(C(=O)C=Cc3ccccc3)=C(O)C(=O)N2c2nc3ccc(OCC)cc3s2)cc1OCC. The topological polar surface area (TPSA) is 98.2 Å². The number of carbonyl (C=O) groups excluding carboxylic acids is 2. The average molecular weight is 583 g/mol. The van der Waals surface area contributed by atoms with Gasteiger partial charge in [0.2, 0.25) is 0 Å². The summed E-state index contributed by atoms with van der Waals surface area (Å²) in [6.07, 6.45) is 4.64. The molecule has 42 heavy (non-hydrogen) atoms. The summed E-state index contributed by atoms with van der Waals surface area (Å²) in [5.74, 6) is -0.226. The van der Waals surface area contributed by atoms with Gasteiger partial charge in [-0.2, -0.15) is 0 Å². The van der Waals surface area contributed by atoms with Crippen LogP contribution >= 0.6 is 11.3 Å². The molecular formula is C33H30N2O6S. The van der Waals surface area contributed by atoms with Crippen LogP contribution in [0.3, 0.4) is 0 Å². The molecule has 0 radical (unpaired) electrons. The molecule has 1 aromatic heterocycles. The minimum atomic E-state index is -0.968. The van der Waals surface area contributed by atoms with Crippen molar-refractivity contribution in [1.82, 2.24) is 4.98 Å². The number of nitrogens with zero attached hydrogens (tertiary/aromatic N) is 2. The molecule has 1 unspecified atom stereocenters. The number of aromatic nitrogens is 1. The van der Waals surface area contributed by atoms with Gasteiger partial charge in [-0.1, -0.05) is 66.5 Å². The second-order valence-corrected chi connectivity index (χ2v) is 10.3. The molecule has 1 atom stereocenters. The minimum Gasteiger partial charge on any atom is -0.503 e. The number of amides is 1. The second-order valence-electron chi connectivity index (χ2n) is 9.25. The first-order valence-corrected chi connectivity index (χ1v) is 14.3. The second kappa shape index (κ2) is 12.7. The van der Waals surface area contributed by atoms with E-state index >= 15 is 0 Å². The van der Waals surface area contributed by atoms with E-state index in [2.05, 4.69) is 6.58 Å². The Morgan fingerprint density at radius 2 is 1.81 bits per heavy atom. The number of hydrogen-bond acceptors (Lipinski definition) is 8. The number of anilines is 1. The molecular weight excluding hydrogens is 552 g/mol. The monoisotopic (exact) mass is 582 g/mol. The Balaban J connectivity index is 1.62. The summed E-state index contributed by atoms with van der Waals surface area (Å²) in [7, 11) is 0. The fraction of sp³-hybridized carbons (Fsp3) is 0.182. The standard InChI is InChI=1S/C33H30N2O6S/c1-4-18-41-26-17-13-22(19-27(26)40-6-3)30-29(25(36)16-12-21-10-8-7-9-11-21)31(37)32(38)35(30)33-34-24-15-14-23(39-5-2)20-28(24)42-33/h4,7-17,19-20,30,37H,1,5-6,18H2,2-3H3. The van der Waals surface area contributed by atoms with Crippen LogP contribution in [0.4, 0.5) is 5.13 Å². The van der Waals surface area contributed by atoms with Gasteiger partial charge in [0, 0.05) is 0 Å². The van der Waals surface area contributed by atoms with Gasteiger partial charge in [0.1, 0.15) is 12.4 Å². The molecule has 5 rings (SSSR count). The third-order valence-corrected chi connectivity index (χ3v) is 7.52. The van der Waals surface area contributed by atoms with Crippen LogP contribution in [0.25, 0.3) is 16.3 Å². The lowest BCUT2D eigenvalue weighted by atomic mass is 9.95. The lowest BCUT2D eigenvalue weighted by Gasteiger charge is -2.25. The highest BCUT2D eigenvalue weighted by atomic mass is 32.1. The molecule has 0 aliphatic carbocycles. The number of fused-ring (bicyclic) bond motifs is 1. The average Bonchev–Trinajstić information content (AvgIpc) is 3.53. The Bertz CT molecular complexity index is 1690. The third kappa shape index (κ3) is 5.77. The van der Waals surface area contributed by atoms with Gasteiger partial charge >= 0.3 is 0 Å². The molecule has 9 heteroatoms. The van der Waals surface area contributed by atoms with Crippen LogP contribution in [0, 0.1) is 0 Å². The molecule has 3 aromatic carbocycles. The van der Waals surface area contributed by atoms with E-state index in [0.29, 0.717) is 46.7 Å². The van der Waals surface area contributed by atoms with Gasteiger partial charge in [-0.05, 0) is 61.4 Å². The molecule has 0 saturated carbocycles. The van der Waals surface area contributed by atoms with Crippen LogP contribution in [0.2, 0.25) is 0 Å². The van der Waals surface area contributed by atoms with Crippen molar-refractivity contribution in [2.75, 3.05) is 24.7 Å². The maximum atomic E-state index is 13.7. The predicted molar refractivity (Wildman–Crippen MR) is 164 cm³/mol. The van der Waals surface area contributed by atoms with Crippen LogP contribution in [0.5, 0.6) is 17.2 Å². The zero-order valence-electron chi connectivity index (χ0n) is 23.3. The number of rotatable bonds is 12. The van der Waals surface area contributed by atoms with Crippen LogP contribution in [-0.4, -0.2) is 41.6 Å². The largest absolute Gasteiger partial charge is 0.503 e. The molecule has 1 aliphatic rings. The molecule has 4 aromatic rings. The summed E-state index contributed by atoms with van der Waals surface area (Å²) >= 11 is 1.27. The highest BCUT2D eigenvalue weighted by molar-refractivity contribution is 7.22. The van der Waals surface area contributed by atoms with Crippen molar-refractivity contribution in [1.29, 1.82) is 0 Å². The fourth-order valence-corrected chi connectivity index (χ4v) is 5.70. The summed E-state index contributed by atoms with van der Waals surface area (Å²) in [4.78, 5) is 33.4. The molecule has 0 fully saturated rings. The molecule has 0 bridgehead atoms. The zero-order valence-corrected chi connectivity index (χ0v) is 24.1. The highest BCUT2D eigenvalue weighted by Gasteiger charge is 2.45. The Kier molecular flexibility index (Phi) is 8.68. The van der Waals surface area contributed by atoms with Crippen molar-refractivity contribution in [2.24, 2.45) is 0 Å². The number of ether oxygens (including phenoxy) is 3. The van der Waals surface area contributed by atoms with E-state index in [4.69, 9.17) is 19.2 Å². The van der Waals surface area contributed by atoms with E-state index in [1.54, 1.807) is 30.4 Å². The van der Waals surface area contributed by atoms with E-state index in [1.807, 2.05) is 62.4 Å². The van der Waals surface area contributed by atoms with Crippen molar-refractivity contribution in [3.05, 3.63) is 108 Å². The summed E-state index contributed by atoms with van der Waals surface area (Å²) in [5, 5.41) is 11.5. The van der Waals surface area contributed by atoms with Gasteiger partial charge < -0.3 is 19.3 Å². The Labute approximate surface area is 247 Å². The first kappa shape index (κ1) is 28.6. The molecule has 0 saturated heterocycles. The van der Waals surface area contributed by atoms with Gasteiger partial charge in [-0.15, -0.1) is 0 Å². The lowest BCUT2D eigenvalue weighted by molar-refractivity contribution is -0.117. The molecule has 2 heterocycles. The quantitative estimate of drug-likeness (QED) is 0.144. The lowest BCUT2D eigenvalue weighted by Crippen LogP contribution is -2.30. The van der Waals surface area contributed by atoms with Gasteiger partial charge in [-0.25, -0.2) is 4.98 Å². The van der Waals surface area contributed by atoms with Crippen LogP contribution in [0.1, 0.15) is 31.0 Å². The summed E-state index contributed by atoms with van der Waals surface area (Å²) in [6.45, 7) is 8.60. The number of benzene rings is 3. The number of aliphatic hydroxyl groups excluding tert-OH is 1. The Morgan fingerprint density at radius 1 is 1.02 bits per heavy atom. The number of aliphatic hydroxyl groups is 1. The molecule has 1 aliphatic heterocycles. The first-order valence-electron chi connectivity index (χ1n) is 13.5.